The minimum absolute atomic E-state index is 0.0255. The molecule has 23 atom stereocenters. The molecule has 0 aromatic heterocycles. The van der Waals surface area contributed by atoms with Crippen molar-refractivity contribution in [2.75, 3.05) is 19.8 Å². The van der Waals surface area contributed by atoms with E-state index in [4.69, 9.17) is 28.4 Å². The Morgan fingerprint density at radius 3 is 2.06 bits per heavy atom. The molecule has 354 valence electrons. The van der Waals surface area contributed by atoms with Crippen molar-refractivity contribution in [3.8, 4) is 0 Å². The van der Waals surface area contributed by atoms with Gasteiger partial charge in [0.1, 0.15) is 61.0 Å². The first kappa shape index (κ1) is 47.2. The van der Waals surface area contributed by atoms with Gasteiger partial charge in [-0.2, -0.15) is 0 Å². The minimum atomic E-state index is -1.79. The number of hydrogen-bond acceptors (Lipinski definition) is 15. The number of ether oxygens (including phenoxy) is 6. The van der Waals surface area contributed by atoms with Crippen molar-refractivity contribution in [3.63, 3.8) is 0 Å². The molecule has 3 heterocycles. The SMILES string of the molecule is C[C@H]1[C@H](C)CC[C@]2(C(=O)O)CC[C@]3(C)C(=CC[C@@H]4[C@@]5(C)CC[C@H](O[C@@H]6OC[C@H](O)[C@H](O[C@@H]7O[C@H](CO)[C@@H](O)[C@H](O)[C@H]7O)[C@H]6O[C@@H]6OC[C@@H](O)[C@H](O)[C@H]6O)C(C)(C)[C@@H]5CC[C@]43C)[C@H]12. The van der Waals surface area contributed by atoms with Crippen LogP contribution in [0.3, 0.4) is 0 Å². The second-order valence-electron chi connectivity index (χ2n) is 22.0. The lowest BCUT2D eigenvalue weighted by molar-refractivity contribution is -0.384. The molecule has 3 aliphatic heterocycles. The predicted octanol–water partition coefficient (Wildman–Crippen LogP) is 1.84. The highest BCUT2D eigenvalue weighted by atomic mass is 16.8. The van der Waals surface area contributed by atoms with E-state index in [0.29, 0.717) is 24.7 Å². The van der Waals surface area contributed by atoms with Gasteiger partial charge in [0.25, 0.3) is 0 Å². The lowest BCUT2D eigenvalue weighted by atomic mass is 9.33. The van der Waals surface area contributed by atoms with E-state index >= 15 is 0 Å². The number of aliphatic hydroxyl groups is 8. The van der Waals surface area contributed by atoms with E-state index in [0.717, 1.165) is 44.9 Å². The quantitative estimate of drug-likeness (QED) is 0.125. The standard InChI is InChI=1S/C46H74O16/c1-21-10-15-46(41(55)56)17-16-44(6)23(30(46)22(21)2)8-9-28-43(5)13-12-29(42(3,4)27(43)11-14-45(28,44)7)60-40-37(62-38-34(53)31(50)24(48)19-57-38)36(25(49)20-58-40)61-39-35(54)33(52)32(51)26(18-47)59-39/h8,21-22,24-40,47-54H,9-20H2,1-7H3,(H,55,56)/t21-,22+,24-,25+,26-,27+,28-,29+,30+,31+,32-,33+,34-,35-,36+,37-,38+,39+,40+,43+,44-,45-,46+/m1/s1. The lowest BCUT2D eigenvalue weighted by Gasteiger charge is -2.71. The van der Waals surface area contributed by atoms with E-state index in [1.54, 1.807) is 0 Å². The highest BCUT2D eigenvalue weighted by molar-refractivity contribution is 5.76. The minimum Gasteiger partial charge on any atom is -0.481 e. The smallest absolute Gasteiger partial charge is 0.310 e. The van der Waals surface area contributed by atoms with Gasteiger partial charge < -0.3 is 74.4 Å². The van der Waals surface area contributed by atoms with Crippen LogP contribution in [0.1, 0.15) is 106 Å². The van der Waals surface area contributed by atoms with Gasteiger partial charge in [-0.05, 0) is 109 Å². The largest absolute Gasteiger partial charge is 0.481 e. The molecule has 9 N–H and O–H groups in total. The maximum atomic E-state index is 13.2. The number of carbonyl (C=O) groups is 1. The van der Waals surface area contributed by atoms with Gasteiger partial charge in [-0.25, -0.2) is 0 Å². The summed E-state index contributed by atoms with van der Waals surface area (Å²) in [6.07, 6.45) is -10.2. The summed E-state index contributed by atoms with van der Waals surface area (Å²) in [6, 6.07) is 0. The van der Waals surface area contributed by atoms with Crippen molar-refractivity contribution < 1.29 is 79.2 Å². The van der Waals surface area contributed by atoms with Crippen molar-refractivity contribution in [1.29, 1.82) is 0 Å². The molecule has 0 aromatic carbocycles. The van der Waals surface area contributed by atoms with Crippen LogP contribution in [0, 0.1) is 56.7 Å². The van der Waals surface area contributed by atoms with E-state index < -0.39 is 109 Å². The summed E-state index contributed by atoms with van der Waals surface area (Å²) in [5.41, 5.74) is -0.00995. The van der Waals surface area contributed by atoms with Gasteiger partial charge in [0.2, 0.25) is 0 Å². The van der Waals surface area contributed by atoms with Crippen LogP contribution in [0.5, 0.6) is 0 Å². The molecule has 0 unspecified atom stereocenters. The number of carboxylic acids is 1. The summed E-state index contributed by atoms with van der Waals surface area (Å²) in [7, 11) is 0. The van der Waals surface area contributed by atoms with Gasteiger partial charge in [-0.15, -0.1) is 0 Å². The van der Waals surface area contributed by atoms with Gasteiger partial charge in [0, 0.05) is 0 Å². The Balaban J connectivity index is 1.06. The molecule has 0 spiro atoms. The van der Waals surface area contributed by atoms with E-state index in [1.165, 1.54) is 5.57 Å². The van der Waals surface area contributed by atoms with E-state index in [-0.39, 0.29) is 47.2 Å². The predicted molar refractivity (Wildman–Crippen MR) is 218 cm³/mol. The first-order valence-electron chi connectivity index (χ1n) is 23.2. The number of fused-ring (bicyclic) bond motifs is 7. The lowest BCUT2D eigenvalue weighted by Crippen LogP contribution is -2.67. The Morgan fingerprint density at radius 1 is 0.710 bits per heavy atom. The fourth-order valence-electron chi connectivity index (χ4n) is 14.8. The fourth-order valence-corrected chi connectivity index (χ4v) is 14.8. The summed E-state index contributed by atoms with van der Waals surface area (Å²) < 4.78 is 36.8. The zero-order valence-electron chi connectivity index (χ0n) is 37.4. The Bertz CT molecular complexity index is 1680. The number of hydrogen-bond donors (Lipinski definition) is 9. The van der Waals surface area contributed by atoms with Crippen molar-refractivity contribution >= 4 is 5.97 Å². The normalized spacial score (nSPS) is 55.1. The average Bonchev–Trinajstić information content (AvgIpc) is 3.22. The fraction of sp³-hybridized carbons (Fsp3) is 0.935. The second-order valence-corrected chi connectivity index (χ2v) is 22.0. The first-order valence-corrected chi connectivity index (χ1v) is 23.2. The van der Waals surface area contributed by atoms with E-state index in [2.05, 4.69) is 54.5 Å². The van der Waals surface area contributed by atoms with Crippen molar-refractivity contribution in [1.82, 2.24) is 0 Å². The van der Waals surface area contributed by atoms with Crippen molar-refractivity contribution in [3.05, 3.63) is 11.6 Å². The van der Waals surface area contributed by atoms with Crippen LogP contribution in [-0.2, 0) is 33.2 Å². The van der Waals surface area contributed by atoms with Gasteiger partial charge in [-0.1, -0.05) is 60.1 Å². The van der Waals surface area contributed by atoms with Crippen LogP contribution >= 0.6 is 0 Å². The van der Waals surface area contributed by atoms with Crippen LogP contribution in [0.15, 0.2) is 11.6 Å². The number of aliphatic hydroxyl groups excluding tert-OH is 8. The molecule has 8 aliphatic rings. The topological polar surface area (TPSA) is 255 Å². The molecule has 16 heteroatoms. The third kappa shape index (κ3) is 7.10. The number of aliphatic carboxylic acids is 1. The van der Waals surface area contributed by atoms with Gasteiger partial charge in [0.15, 0.2) is 18.9 Å². The monoisotopic (exact) mass is 882 g/mol. The molecular formula is C46H74O16. The summed E-state index contributed by atoms with van der Waals surface area (Å²) in [4.78, 5) is 13.2. The highest BCUT2D eigenvalue weighted by Crippen LogP contribution is 2.76. The summed E-state index contributed by atoms with van der Waals surface area (Å²) in [5, 5.41) is 95.5. The maximum absolute atomic E-state index is 13.2. The van der Waals surface area contributed by atoms with E-state index in [9.17, 15) is 50.8 Å². The molecule has 0 bridgehead atoms. The molecule has 4 saturated carbocycles. The van der Waals surface area contributed by atoms with Crippen molar-refractivity contribution in [2.24, 2.45) is 56.7 Å². The molecular weight excluding hydrogens is 808 g/mol. The highest BCUT2D eigenvalue weighted by Gasteiger charge is 2.70. The Morgan fingerprint density at radius 2 is 1.37 bits per heavy atom. The summed E-state index contributed by atoms with van der Waals surface area (Å²) in [6.45, 7) is 15.0. The van der Waals surface area contributed by atoms with Gasteiger partial charge in [0.05, 0.1) is 31.3 Å². The zero-order valence-corrected chi connectivity index (χ0v) is 37.4. The second kappa shape index (κ2) is 16.8. The molecule has 16 nitrogen and oxygen atoms in total. The Kier molecular flexibility index (Phi) is 12.7. The number of rotatable bonds is 8. The molecule has 3 saturated heterocycles. The van der Waals surface area contributed by atoms with Crippen molar-refractivity contribution in [2.45, 2.75) is 192 Å². The zero-order chi connectivity index (χ0) is 45.1. The summed E-state index contributed by atoms with van der Waals surface area (Å²) in [5.74, 6) is 0.694. The van der Waals surface area contributed by atoms with Gasteiger partial charge in [-0.3, -0.25) is 4.79 Å². The average molecular weight is 883 g/mol. The maximum Gasteiger partial charge on any atom is 0.310 e. The van der Waals surface area contributed by atoms with Crippen LogP contribution in [0.25, 0.3) is 0 Å². The molecule has 62 heavy (non-hydrogen) atoms. The van der Waals surface area contributed by atoms with Crippen LogP contribution in [-0.4, -0.2) is 158 Å². The molecule has 0 aromatic rings. The molecule has 5 aliphatic carbocycles. The molecule has 0 radical (unpaired) electrons. The molecule has 8 rings (SSSR count). The Hall–Kier alpha value is -1.35. The summed E-state index contributed by atoms with van der Waals surface area (Å²) >= 11 is 0. The molecule has 7 fully saturated rings. The number of allylic oxidation sites excluding steroid dienone is 2. The van der Waals surface area contributed by atoms with E-state index in [1.807, 2.05) is 0 Å². The number of carboxylic acid groups (broad SMARTS) is 1. The van der Waals surface area contributed by atoms with Crippen LogP contribution in [0.2, 0.25) is 0 Å². The Labute approximate surface area is 364 Å². The van der Waals surface area contributed by atoms with Crippen LogP contribution < -0.4 is 0 Å². The van der Waals surface area contributed by atoms with Gasteiger partial charge >= 0.3 is 5.97 Å². The first-order chi connectivity index (χ1) is 29.1. The van der Waals surface area contributed by atoms with Crippen LogP contribution in [0.4, 0.5) is 0 Å². The molecule has 0 amide bonds. The third-order valence-corrected chi connectivity index (χ3v) is 18.9. The third-order valence-electron chi connectivity index (χ3n) is 18.9.